The number of hydrogen-bond acceptors (Lipinski definition) is 3. The molecule has 23 heavy (non-hydrogen) atoms. The molecule has 0 saturated heterocycles. The first-order valence-electron chi connectivity index (χ1n) is 7.62. The molecule has 0 saturated carbocycles. The smallest absolute Gasteiger partial charge is 0.431 e. The summed E-state index contributed by atoms with van der Waals surface area (Å²) in [7, 11) is 0. The van der Waals surface area contributed by atoms with Crippen LogP contribution < -0.4 is 4.74 Å². The summed E-state index contributed by atoms with van der Waals surface area (Å²) in [5.74, 6) is 0.481. The SMILES string of the molecule is CC(Cc1cccc2ccccc12)OC(=O)Oc1ccccc1. The number of carbonyl (C=O) groups is 1. The van der Waals surface area contributed by atoms with Crippen LogP contribution in [0.15, 0.2) is 72.8 Å². The summed E-state index contributed by atoms with van der Waals surface area (Å²) in [5, 5.41) is 2.37. The highest BCUT2D eigenvalue weighted by molar-refractivity contribution is 5.85. The molecule has 3 aromatic carbocycles. The zero-order valence-electron chi connectivity index (χ0n) is 12.9. The van der Waals surface area contributed by atoms with Crippen molar-refractivity contribution in [2.24, 2.45) is 0 Å². The third-order valence-electron chi connectivity index (χ3n) is 3.63. The highest BCUT2D eigenvalue weighted by Crippen LogP contribution is 2.20. The maximum absolute atomic E-state index is 11.8. The minimum atomic E-state index is -0.677. The Morgan fingerprint density at radius 2 is 1.61 bits per heavy atom. The van der Waals surface area contributed by atoms with Gasteiger partial charge < -0.3 is 9.47 Å². The zero-order chi connectivity index (χ0) is 16.1. The molecular weight excluding hydrogens is 288 g/mol. The summed E-state index contributed by atoms with van der Waals surface area (Å²) >= 11 is 0. The van der Waals surface area contributed by atoms with Crippen molar-refractivity contribution in [2.75, 3.05) is 0 Å². The molecule has 0 spiro atoms. The highest BCUT2D eigenvalue weighted by Gasteiger charge is 2.13. The molecule has 0 aliphatic heterocycles. The van der Waals surface area contributed by atoms with Gasteiger partial charge in [-0.3, -0.25) is 0 Å². The van der Waals surface area contributed by atoms with E-state index < -0.39 is 6.16 Å². The quantitative estimate of drug-likeness (QED) is 0.503. The number of carbonyl (C=O) groups excluding carboxylic acids is 1. The summed E-state index contributed by atoms with van der Waals surface area (Å²) < 4.78 is 10.5. The van der Waals surface area contributed by atoms with Gasteiger partial charge in [0.1, 0.15) is 11.9 Å². The van der Waals surface area contributed by atoms with Crippen LogP contribution in [-0.2, 0) is 11.2 Å². The highest BCUT2D eigenvalue weighted by atomic mass is 16.7. The van der Waals surface area contributed by atoms with E-state index in [0.717, 1.165) is 5.56 Å². The minimum Gasteiger partial charge on any atom is -0.431 e. The molecule has 0 fully saturated rings. The summed E-state index contributed by atoms with van der Waals surface area (Å²) in [6.45, 7) is 1.87. The fourth-order valence-electron chi connectivity index (χ4n) is 2.59. The van der Waals surface area contributed by atoms with Gasteiger partial charge in [-0.1, -0.05) is 60.7 Å². The molecule has 0 aromatic heterocycles. The summed E-state index contributed by atoms with van der Waals surface area (Å²) in [6, 6.07) is 23.3. The van der Waals surface area contributed by atoms with E-state index in [9.17, 15) is 4.79 Å². The first-order chi connectivity index (χ1) is 11.2. The Morgan fingerprint density at radius 1 is 0.913 bits per heavy atom. The molecule has 3 nitrogen and oxygen atoms in total. The second kappa shape index (κ2) is 6.97. The second-order valence-corrected chi connectivity index (χ2v) is 5.44. The van der Waals surface area contributed by atoms with Gasteiger partial charge in [0.2, 0.25) is 0 Å². The fraction of sp³-hybridized carbons (Fsp3) is 0.150. The number of hydrogen-bond donors (Lipinski definition) is 0. The van der Waals surface area contributed by atoms with Crippen LogP contribution in [0.5, 0.6) is 5.75 Å². The van der Waals surface area contributed by atoms with Crippen molar-refractivity contribution >= 4 is 16.9 Å². The fourth-order valence-corrected chi connectivity index (χ4v) is 2.59. The molecular formula is C20H18O3. The number of fused-ring (bicyclic) bond motifs is 1. The lowest BCUT2D eigenvalue weighted by Crippen LogP contribution is -2.20. The van der Waals surface area contributed by atoms with Crippen molar-refractivity contribution < 1.29 is 14.3 Å². The van der Waals surface area contributed by atoms with Crippen LogP contribution in [-0.4, -0.2) is 12.3 Å². The normalized spacial score (nSPS) is 11.9. The van der Waals surface area contributed by atoms with Crippen LogP contribution in [0.2, 0.25) is 0 Å². The van der Waals surface area contributed by atoms with Gasteiger partial charge in [-0.05, 0) is 35.4 Å². The average molecular weight is 306 g/mol. The zero-order valence-corrected chi connectivity index (χ0v) is 12.9. The van der Waals surface area contributed by atoms with Gasteiger partial charge in [-0.15, -0.1) is 0 Å². The van der Waals surface area contributed by atoms with E-state index in [-0.39, 0.29) is 6.10 Å². The first kappa shape index (κ1) is 15.1. The van der Waals surface area contributed by atoms with Gasteiger partial charge in [0, 0.05) is 6.42 Å². The Bertz CT molecular complexity index is 791. The lowest BCUT2D eigenvalue weighted by molar-refractivity contribution is 0.0661. The molecule has 3 rings (SSSR count). The molecule has 0 heterocycles. The molecule has 0 radical (unpaired) electrons. The Labute approximate surface area is 135 Å². The molecule has 3 heteroatoms. The lowest BCUT2D eigenvalue weighted by Gasteiger charge is -2.14. The van der Waals surface area contributed by atoms with Crippen LogP contribution >= 0.6 is 0 Å². The molecule has 116 valence electrons. The van der Waals surface area contributed by atoms with Crippen LogP contribution in [0, 0.1) is 0 Å². The van der Waals surface area contributed by atoms with Crippen molar-refractivity contribution in [1.82, 2.24) is 0 Å². The first-order valence-corrected chi connectivity index (χ1v) is 7.62. The van der Waals surface area contributed by atoms with E-state index >= 15 is 0 Å². The molecule has 0 N–H and O–H groups in total. The number of para-hydroxylation sites is 1. The molecule has 3 aromatic rings. The molecule has 1 unspecified atom stereocenters. The number of benzene rings is 3. The molecule has 0 aliphatic carbocycles. The van der Waals surface area contributed by atoms with Gasteiger partial charge in [0.25, 0.3) is 0 Å². The molecule has 0 bridgehead atoms. The van der Waals surface area contributed by atoms with Crippen molar-refractivity contribution in [2.45, 2.75) is 19.4 Å². The number of rotatable bonds is 4. The lowest BCUT2D eigenvalue weighted by atomic mass is 10.0. The van der Waals surface area contributed by atoms with Crippen LogP contribution in [0.1, 0.15) is 12.5 Å². The summed E-state index contributed by atoms with van der Waals surface area (Å²) in [4.78, 5) is 11.8. The Hall–Kier alpha value is -2.81. The van der Waals surface area contributed by atoms with E-state index in [1.807, 2.05) is 43.3 Å². The predicted molar refractivity (Wildman–Crippen MR) is 90.7 cm³/mol. The molecule has 1 atom stereocenters. The van der Waals surface area contributed by atoms with E-state index in [2.05, 4.69) is 24.3 Å². The predicted octanol–water partition coefficient (Wildman–Crippen LogP) is 4.99. The minimum absolute atomic E-state index is 0.267. The van der Waals surface area contributed by atoms with Crippen LogP contribution in [0.4, 0.5) is 4.79 Å². The van der Waals surface area contributed by atoms with E-state index in [0.29, 0.717) is 12.2 Å². The van der Waals surface area contributed by atoms with Gasteiger partial charge >= 0.3 is 6.16 Å². The van der Waals surface area contributed by atoms with Crippen molar-refractivity contribution in [3.63, 3.8) is 0 Å². The Balaban J connectivity index is 1.64. The van der Waals surface area contributed by atoms with Gasteiger partial charge in [0.15, 0.2) is 0 Å². The van der Waals surface area contributed by atoms with Crippen LogP contribution in [0.3, 0.4) is 0 Å². The third kappa shape index (κ3) is 3.89. The van der Waals surface area contributed by atoms with Crippen LogP contribution in [0.25, 0.3) is 10.8 Å². The maximum atomic E-state index is 11.8. The van der Waals surface area contributed by atoms with Crippen molar-refractivity contribution in [1.29, 1.82) is 0 Å². The second-order valence-electron chi connectivity index (χ2n) is 5.44. The van der Waals surface area contributed by atoms with E-state index in [1.165, 1.54) is 10.8 Å². The van der Waals surface area contributed by atoms with E-state index in [4.69, 9.17) is 9.47 Å². The van der Waals surface area contributed by atoms with E-state index in [1.54, 1.807) is 12.1 Å². The third-order valence-corrected chi connectivity index (χ3v) is 3.63. The molecule has 0 aliphatic rings. The molecule has 0 amide bonds. The monoisotopic (exact) mass is 306 g/mol. The summed E-state index contributed by atoms with van der Waals surface area (Å²) in [5.41, 5.74) is 1.16. The van der Waals surface area contributed by atoms with Gasteiger partial charge in [0.05, 0.1) is 0 Å². The summed E-state index contributed by atoms with van der Waals surface area (Å²) in [6.07, 6.45) is -0.299. The standard InChI is InChI=1S/C20H18O3/c1-15(22-20(21)23-18-11-3-2-4-12-18)14-17-10-7-9-16-8-5-6-13-19(16)17/h2-13,15H,14H2,1H3. The Kier molecular flexibility index (Phi) is 4.57. The maximum Gasteiger partial charge on any atom is 0.514 e. The van der Waals surface area contributed by atoms with Crippen molar-refractivity contribution in [3.05, 3.63) is 78.4 Å². The largest absolute Gasteiger partial charge is 0.514 e. The Morgan fingerprint density at radius 3 is 2.43 bits per heavy atom. The topological polar surface area (TPSA) is 35.5 Å². The van der Waals surface area contributed by atoms with Gasteiger partial charge in [-0.2, -0.15) is 0 Å². The number of ether oxygens (including phenoxy) is 2. The van der Waals surface area contributed by atoms with Crippen molar-refractivity contribution in [3.8, 4) is 5.75 Å². The van der Waals surface area contributed by atoms with Gasteiger partial charge in [-0.25, -0.2) is 4.79 Å². The average Bonchev–Trinajstić information content (AvgIpc) is 2.56.